The molecule has 0 bridgehead atoms. The van der Waals surface area contributed by atoms with Crippen molar-refractivity contribution in [1.29, 1.82) is 0 Å². The maximum Gasteiger partial charge on any atom is 0.460 e. The number of hydrogen-bond donors (Lipinski definition) is 0. The summed E-state index contributed by atoms with van der Waals surface area (Å²) in [5, 5.41) is 1.49. The molecule has 31 heavy (non-hydrogen) atoms. The minimum atomic E-state index is -7.50. The van der Waals surface area contributed by atoms with E-state index in [0.717, 1.165) is 0 Å². The van der Waals surface area contributed by atoms with Crippen LogP contribution in [0, 0.1) is 0 Å². The summed E-state index contributed by atoms with van der Waals surface area (Å²) in [5.41, 5.74) is -6.76. The molecule has 0 spiro atoms. The van der Waals surface area contributed by atoms with Gasteiger partial charge in [-0.2, -0.15) is 84.4 Å². The number of carbonyl (C=O) groups is 1. The fraction of sp³-hybridized carbons (Fsp3) is 0.636. The van der Waals surface area contributed by atoms with Gasteiger partial charge in [-0.1, -0.05) is 0 Å². The molecule has 0 aliphatic carbocycles. The van der Waals surface area contributed by atoms with E-state index < -0.39 is 70.3 Å². The molecule has 0 unspecified atom stereocenters. The van der Waals surface area contributed by atoms with E-state index in [2.05, 4.69) is 0 Å². The Bertz CT molecular complexity index is 840. The quantitative estimate of drug-likeness (QED) is 0.501. The molecule has 0 aliphatic rings. The number of aromatic nitrogens is 2. The van der Waals surface area contributed by atoms with Crippen LogP contribution in [0.1, 0.15) is 16.2 Å². The first kappa shape index (κ1) is 26.7. The highest BCUT2D eigenvalue weighted by Crippen LogP contribution is 2.53. The van der Waals surface area contributed by atoms with Crippen LogP contribution < -0.4 is 0 Å². The van der Waals surface area contributed by atoms with Gasteiger partial charge in [-0.15, -0.1) is 0 Å². The standard InChI is InChI=1S/C11HF17N2O/c12-5(13,8(19,20)10(23,24)25)3-1-2(7(16,17)18)29-30(3)4(31)6(14,15)9(21,22)11(26,27)28/h1H. The first-order chi connectivity index (χ1) is 13.2. The fourth-order valence-electron chi connectivity index (χ4n) is 1.68. The van der Waals surface area contributed by atoms with Crippen molar-refractivity contribution in [2.24, 2.45) is 0 Å². The molecule has 3 nitrogen and oxygen atoms in total. The van der Waals surface area contributed by atoms with E-state index in [4.69, 9.17) is 0 Å². The summed E-state index contributed by atoms with van der Waals surface area (Å²) in [5.74, 6) is -33.7. The van der Waals surface area contributed by atoms with E-state index in [1.165, 1.54) is 5.10 Å². The predicted octanol–water partition coefficient (Wildman–Crippen LogP) is 5.66. The number of rotatable bonds is 4. The van der Waals surface area contributed by atoms with Gasteiger partial charge >= 0.3 is 48.1 Å². The molecule has 0 fully saturated rings. The van der Waals surface area contributed by atoms with E-state index in [1.807, 2.05) is 0 Å². The van der Waals surface area contributed by atoms with Crippen LogP contribution in [0.2, 0.25) is 0 Å². The molecule has 1 rings (SSSR count). The molecule has 1 heterocycles. The van der Waals surface area contributed by atoms with Crippen LogP contribution in [-0.2, 0) is 12.1 Å². The highest BCUT2D eigenvalue weighted by molar-refractivity contribution is 5.87. The van der Waals surface area contributed by atoms with Crippen molar-refractivity contribution in [2.75, 3.05) is 0 Å². The van der Waals surface area contributed by atoms with Gasteiger partial charge in [0.2, 0.25) is 0 Å². The number of nitrogens with zero attached hydrogens (tertiary/aromatic N) is 2. The Morgan fingerprint density at radius 1 is 0.677 bits per heavy atom. The maximum atomic E-state index is 13.7. The second-order valence-electron chi connectivity index (χ2n) is 5.42. The largest absolute Gasteiger partial charge is 0.460 e. The average Bonchev–Trinajstić information content (AvgIpc) is 2.97. The summed E-state index contributed by atoms with van der Waals surface area (Å²) in [6, 6.07) is -1.53. The van der Waals surface area contributed by atoms with Crippen LogP contribution >= 0.6 is 0 Å². The van der Waals surface area contributed by atoms with Gasteiger partial charge in [0.1, 0.15) is 5.69 Å². The zero-order valence-corrected chi connectivity index (χ0v) is 13.3. The molecular formula is C11HF17N2O. The van der Waals surface area contributed by atoms with Crippen LogP contribution in [0.4, 0.5) is 74.6 Å². The Labute approximate surface area is 156 Å². The second-order valence-corrected chi connectivity index (χ2v) is 5.42. The fourth-order valence-corrected chi connectivity index (χ4v) is 1.68. The van der Waals surface area contributed by atoms with Gasteiger partial charge in [0, 0.05) is 0 Å². The normalized spacial score (nSPS) is 15.4. The summed E-state index contributed by atoms with van der Waals surface area (Å²) in [6.07, 6.45) is -20.8. The number of halogens is 17. The lowest BCUT2D eigenvalue weighted by molar-refractivity contribution is -0.361. The molecule has 0 atom stereocenters. The summed E-state index contributed by atoms with van der Waals surface area (Å²) < 4.78 is 214. The summed E-state index contributed by atoms with van der Waals surface area (Å²) >= 11 is 0. The maximum absolute atomic E-state index is 13.7. The van der Waals surface area contributed by atoms with Crippen molar-refractivity contribution in [2.45, 2.75) is 42.2 Å². The van der Waals surface area contributed by atoms with Crippen LogP contribution in [0.3, 0.4) is 0 Å². The Kier molecular flexibility index (Phi) is 5.90. The van der Waals surface area contributed by atoms with Crippen LogP contribution in [0.25, 0.3) is 0 Å². The van der Waals surface area contributed by atoms with Crippen molar-refractivity contribution in [3.05, 3.63) is 17.5 Å². The Morgan fingerprint density at radius 3 is 1.39 bits per heavy atom. The molecule has 1 aromatic heterocycles. The number of hydrogen-bond acceptors (Lipinski definition) is 2. The van der Waals surface area contributed by atoms with E-state index in [0.29, 0.717) is 0 Å². The second kappa shape index (κ2) is 6.84. The Balaban J connectivity index is 3.89. The predicted molar refractivity (Wildman–Crippen MR) is 58.7 cm³/mol. The molecule has 0 saturated carbocycles. The molecule has 0 aliphatic heterocycles. The van der Waals surface area contributed by atoms with E-state index in [1.54, 1.807) is 0 Å². The molecule has 0 aromatic carbocycles. The number of alkyl halides is 17. The van der Waals surface area contributed by atoms with Gasteiger partial charge in [-0.3, -0.25) is 4.79 Å². The zero-order chi connectivity index (χ0) is 25.2. The first-order valence-corrected chi connectivity index (χ1v) is 6.61. The minimum Gasteiger partial charge on any atom is -0.265 e. The third-order valence-electron chi connectivity index (χ3n) is 3.28. The zero-order valence-electron chi connectivity index (χ0n) is 13.3. The van der Waals surface area contributed by atoms with Gasteiger partial charge in [0.15, 0.2) is 5.69 Å². The van der Waals surface area contributed by atoms with E-state index in [-0.39, 0.29) is 0 Å². The lowest BCUT2D eigenvalue weighted by Gasteiger charge is -2.30. The van der Waals surface area contributed by atoms with Gasteiger partial charge in [0.25, 0.3) is 0 Å². The van der Waals surface area contributed by atoms with Crippen molar-refractivity contribution < 1.29 is 79.4 Å². The van der Waals surface area contributed by atoms with Gasteiger partial charge in [-0.05, 0) is 6.07 Å². The average molecular weight is 500 g/mol. The molecule has 180 valence electrons. The SMILES string of the molecule is O=C(n1nc(C(F)(F)F)cc1C(F)(F)C(F)(F)C(F)(F)F)C(F)(F)C(F)(F)C(F)(F)F. The molecule has 20 heteroatoms. The lowest BCUT2D eigenvalue weighted by Crippen LogP contribution is -2.58. The summed E-state index contributed by atoms with van der Waals surface area (Å²) in [4.78, 5) is 11.3. The highest BCUT2D eigenvalue weighted by Gasteiger charge is 2.78. The van der Waals surface area contributed by atoms with Gasteiger partial charge < -0.3 is 0 Å². The third kappa shape index (κ3) is 3.99. The van der Waals surface area contributed by atoms with Crippen molar-refractivity contribution in [3.8, 4) is 0 Å². The molecule has 1 aromatic rings. The van der Waals surface area contributed by atoms with E-state index >= 15 is 0 Å². The molecule has 0 saturated heterocycles. The van der Waals surface area contributed by atoms with Crippen molar-refractivity contribution >= 4 is 5.91 Å². The van der Waals surface area contributed by atoms with Gasteiger partial charge in [-0.25, -0.2) is 0 Å². The number of carbonyl (C=O) groups excluding carboxylic acids is 1. The first-order valence-electron chi connectivity index (χ1n) is 6.61. The molecular weight excluding hydrogens is 499 g/mol. The smallest absolute Gasteiger partial charge is 0.265 e. The van der Waals surface area contributed by atoms with Crippen LogP contribution in [0.5, 0.6) is 0 Å². The Hall–Kier alpha value is -2.31. The topological polar surface area (TPSA) is 34.9 Å². The van der Waals surface area contributed by atoms with E-state index in [9.17, 15) is 79.4 Å². The minimum absolute atomic E-state index is 1.49. The van der Waals surface area contributed by atoms with Crippen LogP contribution in [-0.4, -0.2) is 45.8 Å². The lowest BCUT2D eigenvalue weighted by atomic mass is 10.1. The van der Waals surface area contributed by atoms with Crippen LogP contribution in [0.15, 0.2) is 6.07 Å². The monoisotopic (exact) mass is 500 g/mol. The molecule has 0 N–H and O–H groups in total. The van der Waals surface area contributed by atoms with Crippen molar-refractivity contribution in [3.63, 3.8) is 0 Å². The highest BCUT2D eigenvalue weighted by atomic mass is 19.4. The molecule has 0 radical (unpaired) electrons. The van der Waals surface area contributed by atoms with Crippen molar-refractivity contribution in [1.82, 2.24) is 9.78 Å². The summed E-state index contributed by atoms with van der Waals surface area (Å²) in [6.45, 7) is 0. The summed E-state index contributed by atoms with van der Waals surface area (Å²) in [7, 11) is 0. The Morgan fingerprint density at radius 2 is 1.06 bits per heavy atom. The van der Waals surface area contributed by atoms with Gasteiger partial charge in [0.05, 0.1) is 0 Å². The molecule has 0 amide bonds. The third-order valence-corrected chi connectivity index (χ3v) is 3.28.